The fraction of sp³-hybridized carbons (Fsp3) is 0.550. The number of nitrogens with zero attached hydrogens (tertiary/aromatic N) is 5. The van der Waals surface area contributed by atoms with Gasteiger partial charge in [-0.05, 0) is 25.5 Å². The predicted octanol–water partition coefficient (Wildman–Crippen LogP) is 3.49. The van der Waals surface area contributed by atoms with Gasteiger partial charge in [0.25, 0.3) is 0 Å². The second kappa shape index (κ2) is 9.49. The molecule has 1 atom stereocenters. The molecule has 1 aliphatic rings. The van der Waals surface area contributed by atoms with Crippen LogP contribution < -0.4 is 4.90 Å². The van der Waals surface area contributed by atoms with Crippen LogP contribution in [0.2, 0.25) is 0 Å². The number of aromatic nitrogens is 3. The van der Waals surface area contributed by atoms with Crippen molar-refractivity contribution >= 4 is 5.82 Å². The van der Waals surface area contributed by atoms with Gasteiger partial charge >= 0.3 is 6.18 Å². The van der Waals surface area contributed by atoms with Gasteiger partial charge in [0.2, 0.25) is 0 Å². The number of hydrogen-bond acceptors (Lipinski definition) is 6. The summed E-state index contributed by atoms with van der Waals surface area (Å²) in [5, 5.41) is 0. The minimum atomic E-state index is -4.55. The molecular formula is C20H26F3N5O. The monoisotopic (exact) mass is 409 g/mol. The molecule has 2 aromatic rings. The molecular weight excluding hydrogens is 383 g/mol. The number of rotatable bonds is 7. The Bertz CT molecular complexity index is 787. The highest BCUT2D eigenvalue weighted by Crippen LogP contribution is 2.32. The molecule has 3 rings (SSSR count). The van der Waals surface area contributed by atoms with Gasteiger partial charge in [-0.2, -0.15) is 13.2 Å². The molecule has 158 valence electrons. The summed E-state index contributed by atoms with van der Waals surface area (Å²) in [6, 6.07) is 6.28. The Morgan fingerprint density at radius 2 is 2.00 bits per heavy atom. The van der Waals surface area contributed by atoms with Gasteiger partial charge < -0.3 is 9.64 Å². The molecule has 9 heteroatoms. The van der Waals surface area contributed by atoms with Crippen molar-refractivity contribution in [3.05, 3.63) is 36.2 Å². The van der Waals surface area contributed by atoms with Crippen LogP contribution in [0, 0.1) is 0 Å². The highest BCUT2D eigenvalue weighted by Gasteiger charge is 2.35. The van der Waals surface area contributed by atoms with Crippen molar-refractivity contribution in [2.24, 2.45) is 0 Å². The van der Waals surface area contributed by atoms with Crippen molar-refractivity contribution in [3.63, 3.8) is 0 Å². The largest absolute Gasteiger partial charge is 0.433 e. The number of anilines is 1. The lowest BCUT2D eigenvalue weighted by atomic mass is 10.1. The minimum Gasteiger partial charge on any atom is -0.380 e. The van der Waals surface area contributed by atoms with E-state index in [4.69, 9.17) is 4.74 Å². The first kappa shape index (κ1) is 21.4. The number of ether oxygens (including phenoxy) is 1. The summed E-state index contributed by atoms with van der Waals surface area (Å²) in [4.78, 5) is 16.5. The molecule has 1 unspecified atom stereocenters. The molecule has 0 spiro atoms. The van der Waals surface area contributed by atoms with E-state index in [0.29, 0.717) is 32.0 Å². The van der Waals surface area contributed by atoms with Gasteiger partial charge in [0.05, 0.1) is 6.61 Å². The molecule has 0 saturated carbocycles. The lowest BCUT2D eigenvalue weighted by Crippen LogP contribution is -2.54. The van der Waals surface area contributed by atoms with Crippen LogP contribution >= 0.6 is 0 Å². The minimum absolute atomic E-state index is 0.0118. The summed E-state index contributed by atoms with van der Waals surface area (Å²) in [7, 11) is 0. The number of halogens is 3. The first-order chi connectivity index (χ1) is 13.9. The van der Waals surface area contributed by atoms with E-state index in [1.807, 2.05) is 11.8 Å². The van der Waals surface area contributed by atoms with E-state index in [1.165, 1.54) is 6.20 Å². The van der Waals surface area contributed by atoms with E-state index in [0.717, 1.165) is 25.6 Å². The number of piperazine rings is 1. The Hall–Kier alpha value is -2.26. The van der Waals surface area contributed by atoms with E-state index < -0.39 is 11.9 Å². The third-order valence-corrected chi connectivity index (χ3v) is 5.02. The fourth-order valence-electron chi connectivity index (χ4n) is 3.46. The lowest BCUT2D eigenvalue weighted by Gasteiger charge is -2.41. The zero-order valence-electron chi connectivity index (χ0n) is 16.7. The maximum atomic E-state index is 13.5. The second-order valence-electron chi connectivity index (χ2n) is 6.89. The number of pyridine rings is 1. The average molecular weight is 409 g/mol. The van der Waals surface area contributed by atoms with E-state index in [1.54, 1.807) is 18.2 Å². The van der Waals surface area contributed by atoms with Crippen molar-refractivity contribution in [2.45, 2.75) is 32.5 Å². The summed E-state index contributed by atoms with van der Waals surface area (Å²) >= 11 is 0. The molecule has 6 nitrogen and oxygen atoms in total. The molecule has 0 amide bonds. The van der Waals surface area contributed by atoms with Crippen LogP contribution in [0.3, 0.4) is 0 Å². The molecule has 1 fully saturated rings. The molecule has 2 aromatic heterocycles. The predicted molar refractivity (Wildman–Crippen MR) is 105 cm³/mol. The lowest BCUT2D eigenvalue weighted by molar-refractivity contribution is -0.141. The second-order valence-corrected chi connectivity index (χ2v) is 6.89. The Balaban J connectivity index is 1.86. The van der Waals surface area contributed by atoms with Crippen LogP contribution in [0.25, 0.3) is 11.5 Å². The number of hydrogen-bond donors (Lipinski definition) is 0. The first-order valence-electron chi connectivity index (χ1n) is 9.86. The molecule has 0 bridgehead atoms. The fourth-order valence-corrected chi connectivity index (χ4v) is 3.46. The van der Waals surface area contributed by atoms with Gasteiger partial charge in [0.15, 0.2) is 11.5 Å². The molecule has 0 N–H and O–H groups in total. The van der Waals surface area contributed by atoms with Crippen molar-refractivity contribution < 1.29 is 17.9 Å². The van der Waals surface area contributed by atoms with Gasteiger partial charge in [-0.15, -0.1) is 0 Å². The highest BCUT2D eigenvalue weighted by atomic mass is 19.4. The third-order valence-electron chi connectivity index (χ3n) is 5.02. The van der Waals surface area contributed by atoms with Gasteiger partial charge in [-0.1, -0.05) is 13.0 Å². The van der Waals surface area contributed by atoms with E-state index in [2.05, 4.69) is 26.8 Å². The standard InChI is InChI=1S/C20H26F3N5O/c1-3-15-14-28(10-9-27(15)11-12-29-4-2)18-13-17(20(21,22)23)25-19(26-18)16-7-5-6-8-24-16/h5-8,13,15H,3-4,9-12,14H2,1-2H3. The third kappa shape index (κ3) is 5.42. The van der Waals surface area contributed by atoms with Crippen molar-refractivity contribution in [1.29, 1.82) is 0 Å². The Kier molecular flexibility index (Phi) is 7.02. The SMILES string of the molecule is CCOCCN1CCN(c2cc(C(F)(F)F)nc(-c3ccccn3)n2)CC1CC. The van der Waals surface area contributed by atoms with Crippen LogP contribution in [-0.4, -0.2) is 65.3 Å². The first-order valence-corrected chi connectivity index (χ1v) is 9.86. The van der Waals surface area contributed by atoms with Crippen LogP contribution in [-0.2, 0) is 10.9 Å². The molecule has 1 saturated heterocycles. The maximum absolute atomic E-state index is 13.5. The van der Waals surface area contributed by atoms with Gasteiger partial charge in [0, 0.05) is 51.1 Å². The molecule has 29 heavy (non-hydrogen) atoms. The Morgan fingerprint density at radius 3 is 2.66 bits per heavy atom. The van der Waals surface area contributed by atoms with Gasteiger partial charge in [-0.25, -0.2) is 9.97 Å². The van der Waals surface area contributed by atoms with Crippen LogP contribution in [0.4, 0.5) is 19.0 Å². The highest BCUT2D eigenvalue weighted by molar-refractivity contribution is 5.54. The van der Waals surface area contributed by atoms with Gasteiger partial charge in [0.1, 0.15) is 11.5 Å². The van der Waals surface area contributed by atoms with Gasteiger partial charge in [-0.3, -0.25) is 9.88 Å². The molecule has 3 heterocycles. The zero-order valence-corrected chi connectivity index (χ0v) is 16.7. The normalized spacial score (nSPS) is 18.2. The van der Waals surface area contributed by atoms with Crippen molar-refractivity contribution in [1.82, 2.24) is 19.9 Å². The Labute approximate surface area is 168 Å². The molecule has 0 aromatic carbocycles. The van der Waals surface area contributed by atoms with Crippen molar-refractivity contribution in [3.8, 4) is 11.5 Å². The summed E-state index contributed by atoms with van der Waals surface area (Å²) in [5.74, 6) is 0.276. The number of alkyl halides is 3. The van der Waals surface area contributed by atoms with Crippen LogP contribution in [0.1, 0.15) is 26.0 Å². The van der Waals surface area contributed by atoms with E-state index >= 15 is 0 Å². The molecule has 0 radical (unpaired) electrons. The Morgan fingerprint density at radius 1 is 1.17 bits per heavy atom. The van der Waals surface area contributed by atoms with E-state index in [9.17, 15) is 13.2 Å². The van der Waals surface area contributed by atoms with Crippen LogP contribution in [0.5, 0.6) is 0 Å². The maximum Gasteiger partial charge on any atom is 0.433 e. The summed E-state index contributed by atoms with van der Waals surface area (Å²) in [5.41, 5.74) is -0.628. The molecule has 0 aliphatic carbocycles. The topological polar surface area (TPSA) is 54.4 Å². The average Bonchev–Trinajstić information content (AvgIpc) is 2.73. The van der Waals surface area contributed by atoms with Crippen molar-refractivity contribution in [2.75, 3.05) is 44.3 Å². The summed E-state index contributed by atoms with van der Waals surface area (Å²) in [6.45, 7) is 8.14. The molecule has 1 aliphatic heterocycles. The summed E-state index contributed by atoms with van der Waals surface area (Å²) in [6.07, 6.45) is -2.14. The van der Waals surface area contributed by atoms with Crippen LogP contribution in [0.15, 0.2) is 30.5 Å². The quantitative estimate of drug-likeness (QED) is 0.653. The van der Waals surface area contributed by atoms with E-state index in [-0.39, 0.29) is 17.7 Å². The summed E-state index contributed by atoms with van der Waals surface area (Å²) < 4.78 is 45.8. The zero-order chi connectivity index (χ0) is 20.9. The smallest absolute Gasteiger partial charge is 0.380 e.